The Bertz CT molecular complexity index is 668. The molecular weight excluding hydrogens is 305 g/mol. The molecule has 0 aliphatic carbocycles. The number of ether oxygens (including phenoxy) is 1. The number of hydrogen-bond acceptors (Lipinski definition) is 5. The molecule has 0 aliphatic rings. The molecule has 0 saturated carbocycles. The highest BCUT2D eigenvalue weighted by Gasteiger charge is 2.32. The van der Waals surface area contributed by atoms with Crippen LogP contribution in [-0.4, -0.2) is 18.1 Å². The second kappa shape index (κ2) is 5.72. The molecule has 4 nitrogen and oxygen atoms in total. The monoisotopic (exact) mass is 316 g/mol. The third kappa shape index (κ3) is 3.52. The van der Waals surface area contributed by atoms with Gasteiger partial charge >= 0.3 is 12.1 Å². The van der Waals surface area contributed by atoms with Crippen LogP contribution < -0.4 is 5.32 Å². The summed E-state index contributed by atoms with van der Waals surface area (Å²) in [4.78, 5) is 15.5. The molecule has 0 aliphatic heterocycles. The molecule has 21 heavy (non-hydrogen) atoms. The van der Waals surface area contributed by atoms with E-state index < -0.39 is 17.7 Å². The van der Waals surface area contributed by atoms with Gasteiger partial charge in [0.1, 0.15) is 4.88 Å². The Morgan fingerprint density at radius 1 is 1.38 bits per heavy atom. The zero-order valence-electron chi connectivity index (χ0n) is 11.1. The number of thiazole rings is 1. The average molecular weight is 316 g/mol. The first kappa shape index (κ1) is 15.3. The van der Waals surface area contributed by atoms with E-state index in [1.54, 1.807) is 0 Å². The predicted octanol–water partition coefficient (Wildman–Crippen LogP) is 4.00. The standard InChI is InChI=1S/C13H11F3N2O2S/c1-7-3-4-8(5-9(7)13(14,15)16)18-12-17-6-10(21-12)11(19)20-2/h3-6H,1-2H3,(H,17,18). The lowest BCUT2D eigenvalue weighted by atomic mass is 10.1. The van der Waals surface area contributed by atoms with Crippen molar-refractivity contribution in [2.75, 3.05) is 12.4 Å². The van der Waals surface area contributed by atoms with Crippen LogP contribution in [0.25, 0.3) is 0 Å². The van der Waals surface area contributed by atoms with Gasteiger partial charge < -0.3 is 10.1 Å². The summed E-state index contributed by atoms with van der Waals surface area (Å²) >= 11 is 1.000. The van der Waals surface area contributed by atoms with Crippen LogP contribution in [-0.2, 0) is 10.9 Å². The van der Waals surface area contributed by atoms with Crippen molar-refractivity contribution in [3.05, 3.63) is 40.4 Å². The average Bonchev–Trinajstić information content (AvgIpc) is 2.87. The van der Waals surface area contributed by atoms with Crippen molar-refractivity contribution in [3.63, 3.8) is 0 Å². The van der Waals surface area contributed by atoms with E-state index >= 15 is 0 Å². The molecule has 1 aromatic carbocycles. The quantitative estimate of drug-likeness (QED) is 0.870. The van der Waals surface area contributed by atoms with Gasteiger partial charge in [0.15, 0.2) is 5.13 Å². The van der Waals surface area contributed by atoms with Crippen molar-refractivity contribution < 1.29 is 22.7 Å². The zero-order chi connectivity index (χ0) is 15.6. The van der Waals surface area contributed by atoms with Gasteiger partial charge in [-0.1, -0.05) is 17.4 Å². The lowest BCUT2D eigenvalue weighted by molar-refractivity contribution is -0.138. The highest BCUT2D eigenvalue weighted by atomic mass is 32.1. The number of alkyl halides is 3. The summed E-state index contributed by atoms with van der Waals surface area (Å²) in [7, 11) is 1.24. The van der Waals surface area contributed by atoms with Crippen LogP contribution in [0.3, 0.4) is 0 Å². The minimum atomic E-state index is -4.41. The SMILES string of the molecule is COC(=O)c1cnc(Nc2ccc(C)c(C(F)(F)F)c2)s1. The van der Waals surface area contributed by atoms with Crippen molar-refractivity contribution >= 4 is 28.1 Å². The van der Waals surface area contributed by atoms with Gasteiger partial charge in [0.2, 0.25) is 0 Å². The normalized spacial score (nSPS) is 11.3. The van der Waals surface area contributed by atoms with Crippen molar-refractivity contribution in [1.82, 2.24) is 4.98 Å². The van der Waals surface area contributed by atoms with Crippen LogP contribution in [0.4, 0.5) is 24.0 Å². The van der Waals surface area contributed by atoms with E-state index in [1.807, 2.05) is 0 Å². The molecule has 1 heterocycles. The van der Waals surface area contributed by atoms with Crippen LogP contribution in [0.2, 0.25) is 0 Å². The smallest absolute Gasteiger partial charge is 0.416 e. The molecule has 0 amide bonds. The minimum absolute atomic E-state index is 0.141. The Hall–Kier alpha value is -2.09. The molecular formula is C13H11F3N2O2S. The van der Waals surface area contributed by atoms with E-state index in [0.29, 0.717) is 5.13 Å². The molecule has 0 bridgehead atoms. The number of aryl methyl sites for hydroxylation is 1. The van der Waals surface area contributed by atoms with E-state index in [0.717, 1.165) is 17.4 Å². The van der Waals surface area contributed by atoms with E-state index in [9.17, 15) is 18.0 Å². The largest absolute Gasteiger partial charge is 0.465 e. The zero-order valence-corrected chi connectivity index (χ0v) is 11.9. The fraction of sp³-hybridized carbons (Fsp3) is 0.231. The molecule has 0 atom stereocenters. The number of anilines is 2. The van der Waals surface area contributed by atoms with Gasteiger partial charge in [-0.05, 0) is 24.6 Å². The molecule has 0 fully saturated rings. The van der Waals surface area contributed by atoms with Crippen LogP contribution >= 0.6 is 11.3 Å². The summed E-state index contributed by atoms with van der Waals surface area (Å²) in [6.07, 6.45) is -3.11. The summed E-state index contributed by atoms with van der Waals surface area (Å²) in [5, 5.41) is 3.05. The van der Waals surface area contributed by atoms with Gasteiger partial charge in [-0.3, -0.25) is 0 Å². The van der Waals surface area contributed by atoms with Crippen LogP contribution in [0.15, 0.2) is 24.4 Å². The number of hydrogen-bond donors (Lipinski definition) is 1. The summed E-state index contributed by atoms with van der Waals surface area (Å²) < 4.78 is 43.0. The first-order chi connectivity index (χ1) is 9.81. The van der Waals surface area contributed by atoms with Gasteiger partial charge in [0.05, 0.1) is 18.9 Å². The summed E-state index contributed by atoms with van der Waals surface area (Å²) in [5.41, 5.74) is -0.321. The van der Waals surface area contributed by atoms with Crippen LogP contribution in [0, 0.1) is 6.92 Å². The number of rotatable bonds is 3. The lowest BCUT2D eigenvalue weighted by Crippen LogP contribution is -2.08. The van der Waals surface area contributed by atoms with Gasteiger partial charge in [0, 0.05) is 5.69 Å². The molecule has 112 valence electrons. The number of nitrogens with one attached hydrogen (secondary N) is 1. The van der Waals surface area contributed by atoms with E-state index in [2.05, 4.69) is 15.0 Å². The predicted molar refractivity (Wildman–Crippen MR) is 72.9 cm³/mol. The van der Waals surface area contributed by atoms with Gasteiger partial charge in [-0.25, -0.2) is 9.78 Å². The number of carbonyl (C=O) groups excluding carboxylic acids is 1. The summed E-state index contributed by atoms with van der Waals surface area (Å²) in [6.45, 7) is 1.39. The second-order valence-corrected chi connectivity index (χ2v) is 5.20. The van der Waals surface area contributed by atoms with Gasteiger partial charge in [-0.2, -0.15) is 13.2 Å². The Kier molecular flexibility index (Phi) is 4.17. The fourth-order valence-electron chi connectivity index (χ4n) is 1.66. The maximum Gasteiger partial charge on any atom is 0.416 e. The summed E-state index contributed by atoms with van der Waals surface area (Å²) in [6, 6.07) is 3.90. The highest BCUT2D eigenvalue weighted by molar-refractivity contribution is 7.17. The number of halogens is 3. The molecule has 0 spiro atoms. The summed E-state index contributed by atoms with van der Waals surface area (Å²) in [5.74, 6) is -0.541. The molecule has 1 N–H and O–H groups in total. The highest BCUT2D eigenvalue weighted by Crippen LogP contribution is 2.34. The van der Waals surface area contributed by atoms with E-state index in [1.165, 1.54) is 32.4 Å². The van der Waals surface area contributed by atoms with Crippen molar-refractivity contribution in [2.24, 2.45) is 0 Å². The van der Waals surface area contributed by atoms with Crippen molar-refractivity contribution in [1.29, 1.82) is 0 Å². The number of aromatic nitrogens is 1. The molecule has 1 aromatic heterocycles. The Balaban J connectivity index is 2.24. The third-order valence-corrected chi connectivity index (χ3v) is 3.58. The number of benzene rings is 1. The maximum atomic E-state index is 12.8. The number of esters is 1. The maximum absolute atomic E-state index is 12.8. The topological polar surface area (TPSA) is 51.2 Å². The fourth-order valence-corrected chi connectivity index (χ4v) is 2.41. The first-order valence-corrected chi connectivity index (χ1v) is 6.62. The molecule has 8 heteroatoms. The number of methoxy groups -OCH3 is 1. The molecule has 2 rings (SSSR count). The molecule has 0 radical (unpaired) electrons. The van der Waals surface area contributed by atoms with E-state index in [4.69, 9.17) is 0 Å². The molecule has 0 unspecified atom stereocenters. The Morgan fingerprint density at radius 2 is 2.10 bits per heavy atom. The van der Waals surface area contributed by atoms with E-state index in [-0.39, 0.29) is 16.1 Å². The van der Waals surface area contributed by atoms with Gasteiger partial charge in [-0.15, -0.1) is 0 Å². The number of carbonyl (C=O) groups is 1. The Morgan fingerprint density at radius 3 is 2.71 bits per heavy atom. The third-order valence-electron chi connectivity index (χ3n) is 2.69. The first-order valence-electron chi connectivity index (χ1n) is 5.80. The van der Waals surface area contributed by atoms with Crippen LogP contribution in [0.5, 0.6) is 0 Å². The lowest BCUT2D eigenvalue weighted by Gasteiger charge is -2.12. The molecule has 2 aromatic rings. The second-order valence-electron chi connectivity index (χ2n) is 4.17. The molecule has 0 saturated heterocycles. The van der Waals surface area contributed by atoms with Crippen molar-refractivity contribution in [3.8, 4) is 0 Å². The van der Waals surface area contributed by atoms with Gasteiger partial charge in [0.25, 0.3) is 0 Å². The minimum Gasteiger partial charge on any atom is -0.465 e. The van der Waals surface area contributed by atoms with Crippen molar-refractivity contribution in [2.45, 2.75) is 13.1 Å². The number of nitrogens with zero attached hydrogens (tertiary/aromatic N) is 1. The Labute approximate surface area is 122 Å². The van der Waals surface area contributed by atoms with Crippen LogP contribution in [0.1, 0.15) is 20.8 Å².